The second kappa shape index (κ2) is 6.76. The normalized spacial score (nSPS) is 12.0. The molecular weight excluding hydrogens is 341 g/mol. The lowest BCUT2D eigenvalue weighted by Crippen LogP contribution is -2.31. The zero-order valence-electron chi connectivity index (χ0n) is 11.7. The quantitative estimate of drug-likeness (QED) is 0.888. The van der Waals surface area contributed by atoms with Crippen LogP contribution in [-0.4, -0.2) is 12.5 Å². The van der Waals surface area contributed by atoms with E-state index in [1.807, 2.05) is 13.0 Å². The molecule has 1 atom stereocenters. The van der Waals surface area contributed by atoms with Gasteiger partial charge in [0.05, 0.1) is 6.04 Å². The van der Waals surface area contributed by atoms with Crippen molar-refractivity contribution in [1.82, 2.24) is 5.32 Å². The average molecular weight is 356 g/mol. The van der Waals surface area contributed by atoms with Crippen molar-refractivity contribution in [1.29, 1.82) is 0 Å². The van der Waals surface area contributed by atoms with Gasteiger partial charge in [-0.3, -0.25) is 4.79 Å². The van der Waals surface area contributed by atoms with Crippen LogP contribution in [0.25, 0.3) is 0 Å². The van der Waals surface area contributed by atoms with Crippen LogP contribution in [0, 0.1) is 12.7 Å². The van der Waals surface area contributed by atoms with Crippen molar-refractivity contribution in [3.8, 4) is 5.75 Å². The van der Waals surface area contributed by atoms with Crippen molar-refractivity contribution in [2.24, 2.45) is 0 Å². The van der Waals surface area contributed by atoms with Crippen molar-refractivity contribution >= 4 is 21.8 Å². The molecule has 0 fully saturated rings. The van der Waals surface area contributed by atoms with Gasteiger partial charge in [0, 0.05) is 4.47 Å². The smallest absolute Gasteiger partial charge is 0.258 e. The Bertz CT molecular complexity index is 642. The molecule has 0 radical (unpaired) electrons. The minimum Gasteiger partial charge on any atom is -0.481 e. The number of carbonyl (C=O) groups excluding carboxylic acids is 1. The number of rotatable bonds is 5. The Kier molecular flexibility index (Phi) is 5.01. The van der Waals surface area contributed by atoms with E-state index < -0.39 is 5.82 Å². The summed E-state index contributed by atoms with van der Waals surface area (Å²) >= 11 is 3.15. The molecule has 1 aromatic heterocycles. The number of ether oxygens (including phenoxy) is 1. The third kappa shape index (κ3) is 4.32. The minimum atomic E-state index is -0.521. The number of halogens is 2. The maximum absolute atomic E-state index is 13.5. The number of hydrogen-bond donors (Lipinski definition) is 1. The lowest BCUT2D eigenvalue weighted by Gasteiger charge is -2.12. The van der Waals surface area contributed by atoms with Crippen LogP contribution in [0.3, 0.4) is 0 Å². The molecule has 0 aliphatic heterocycles. The van der Waals surface area contributed by atoms with Crippen molar-refractivity contribution in [3.63, 3.8) is 0 Å². The van der Waals surface area contributed by atoms with E-state index in [2.05, 4.69) is 21.2 Å². The molecule has 21 heavy (non-hydrogen) atoms. The predicted molar refractivity (Wildman–Crippen MR) is 79.6 cm³/mol. The monoisotopic (exact) mass is 355 g/mol. The molecule has 112 valence electrons. The second-order valence-corrected chi connectivity index (χ2v) is 5.52. The lowest BCUT2D eigenvalue weighted by molar-refractivity contribution is -0.123. The van der Waals surface area contributed by atoms with Crippen molar-refractivity contribution in [2.45, 2.75) is 19.9 Å². The maximum atomic E-state index is 13.5. The molecule has 0 aliphatic carbocycles. The summed E-state index contributed by atoms with van der Waals surface area (Å²) in [5, 5.41) is 2.72. The molecule has 0 saturated heterocycles. The van der Waals surface area contributed by atoms with Gasteiger partial charge in [0.15, 0.2) is 18.2 Å². The highest BCUT2D eigenvalue weighted by molar-refractivity contribution is 9.10. The van der Waals surface area contributed by atoms with Crippen LogP contribution in [-0.2, 0) is 4.79 Å². The van der Waals surface area contributed by atoms with E-state index in [0.717, 1.165) is 5.76 Å². The number of aryl methyl sites for hydroxylation is 1. The summed E-state index contributed by atoms with van der Waals surface area (Å²) in [5.74, 6) is 0.607. The Morgan fingerprint density at radius 3 is 2.81 bits per heavy atom. The van der Waals surface area contributed by atoms with Crippen LogP contribution in [0.1, 0.15) is 24.5 Å². The van der Waals surface area contributed by atoms with Gasteiger partial charge in [-0.1, -0.05) is 15.9 Å². The Hall–Kier alpha value is -1.82. The second-order valence-electron chi connectivity index (χ2n) is 4.60. The van der Waals surface area contributed by atoms with Gasteiger partial charge in [0.25, 0.3) is 5.91 Å². The third-order valence-corrected chi connectivity index (χ3v) is 3.31. The fraction of sp³-hybridized carbons (Fsp3) is 0.267. The molecule has 1 aromatic carbocycles. The molecule has 1 N–H and O–H groups in total. The van der Waals surface area contributed by atoms with Gasteiger partial charge in [-0.25, -0.2) is 4.39 Å². The molecule has 1 amide bonds. The first-order chi connectivity index (χ1) is 9.95. The molecular formula is C15H15BrFNO3. The molecule has 0 bridgehead atoms. The molecule has 0 spiro atoms. The molecule has 0 saturated carbocycles. The fourth-order valence-corrected chi connectivity index (χ4v) is 2.11. The Morgan fingerprint density at radius 2 is 2.19 bits per heavy atom. The van der Waals surface area contributed by atoms with E-state index >= 15 is 0 Å². The predicted octanol–water partition coefficient (Wildman–Crippen LogP) is 3.75. The van der Waals surface area contributed by atoms with Crippen LogP contribution in [0.2, 0.25) is 0 Å². The van der Waals surface area contributed by atoms with Crippen LogP contribution in [0.5, 0.6) is 5.75 Å². The van der Waals surface area contributed by atoms with Gasteiger partial charge in [-0.15, -0.1) is 0 Å². The first kappa shape index (κ1) is 15.6. The first-order valence-electron chi connectivity index (χ1n) is 6.39. The van der Waals surface area contributed by atoms with Gasteiger partial charge < -0.3 is 14.5 Å². The molecule has 2 aromatic rings. The Balaban J connectivity index is 1.87. The van der Waals surface area contributed by atoms with Gasteiger partial charge in [0.1, 0.15) is 11.5 Å². The summed E-state index contributed by atoms with van der Waals surface area (Å²) in [5.41, 5.74) is 0. The summed E-state index contributed by atoms with van der Waals surface area (Å²) in [4.78, 5) is 11.8. The minimum absolute atomic E-state index is 0.0369. The van der Waals surface area contributed by atoms with Crippen molar-refractivity contribution in [2.75, 3.05) is 6.61 Å². The molecule has 2 rings (SSSR count). The fourth-order valence-electron chi connectivity index (χ4n) is 1.78. The number of hydrogen-bond acceptors (Lipinski definition) is 3. The highest BCUT2D eigenvalue weighted by atomic mass is 79.9. The first-order valence-corrected chi connectivity index (χ1v) is 7.18. The summed E-state index contributed by atoms with van der Waals surface area (Å²) in [6, 6.07) is 7.74. The number of nitrogens with one attached hydrogen (secondary N) is 1. The number of benzene rings is 1. The summed E-state index contributed by atoms with van der Waals surface area (Å²) < 4.78 is 24.7. The zero-order chi connectivity index (χ0) is 15.4. The van der Waals surface area contributed by atoms with Crippen molar-refractivity contribution in [3.05, 3.63) is 52.1 Å². The highest BCUT2D eigenvalue weighted by Gasteiger charge is 2.14. The van der Waals surface area contributed by atoms with E-state index in [1.54, 1.807) is 19.1 Å². The zero-order valence-corrected chi connectivity index (χ0v) is 13.2. The van der Waals surface area contributed by atoms with Gasteiger partial charge in [-0.05, 0) is 44.2 Å². The van der Waals surface area contributed by atoms with Crippen LogP contribution in [0.4, 0.5) is 4.39 Å². The number of carbonyl (C=O) groups is 1. The average Bonchev–Trinajstić information content (AvgIpc) is 2.84. The number of furan rings is 1. The molecule has 1 unspecified atom stereocenters. The highest BCUT2D eigenvalue weighted by Crippen LogP contribution is 2.21. The molecule has 6 heteroatoms. The Labute approximate surface area is 130 Å². The summed E-state index contributed by atoms with van der Waals surface area (Å²) in [6.07, 6.45) is 0. The maximum Gasteiger partial charge on any atom is 0.258 e. The molecule has 1 heterocycles. The SMILES string of the molecule is Cc1ccc(C(C)NC(=O)COc2ccc(Br)cc2F)o1. The Morgan fingerprint density at radius 1 is 1.43 bits per heavy atom. The largest absolute Gasteiger partial charge is 0.481 e. The third-order valence-electron chi connectivity index (χ3n) is 2.82. The van der Waals surface area contributed by atoms with Crippen molar-refractivity contribution < 1.29 is 18.3 Å². The lowest BCUT2D eigenvalue weighted by atomic mass is 10.2. The van der Waals surface area contributed by atoms with E-state index in [-0.39, 0.29) is 24.3 Å². The summed E-state index contributed by atoms with van der Waals surface area (Å²) in [6.45, 7) is 3.37. The van der Waals surface area contributed by atoms with Crippen LogP contribution in [0.15, 0.2) is 39.2 Å². The van der Waals surface area contributed by atoms with Crippen LogP contribution < -0.4 is 10.1 Å². The van der Waals surface area contributed by atoms with E-state index in [4.69, 9.17) is 9.15 Å². The number of amides is 1. The van der Waals surface area contributed by atoms with E-state index in [1.165, 1.54) is 12.1 Å². The van der Waals surface area contributed by atoms with Gasteiger partial charge in [0.2, 0.25) is 0 Å². The van der Waals surface area contributed by atoms with Crippen LogP contribution >= 0.6 is 15.9 Å². The summed E-state index contributed by atoms with van der Waals surface area (Å²) in [7, 11) is 0. The molecule has 0 aliphatic rings. The topological polar surface area (TPSA) is 51.5 Å². The van der Waals surface area contributed by atoms with E-state index in [9.17, 15) is 9.18 Å². The van der Waals surface area contributed by atoms with Gasteiger partial charge in [-0.2, -0.15) is 0 Å². The van der Waals surface area contributed by atoms with Gasteiger partial charge >= 0.3 is 0 Å². The van der Waals surface area contributed by atoms with E-state index in [0.29, 0.717) is 10.2 Å². The standard InChI is InChI=1S/C15H15BrFNO3/c1-9-3-5-13(21-9)10(2)18-15(19)8-20-14-6-4-11(16)7-12(14)17/h3-7,10H,8H2,1-2H3,(H,18,19). The molecule has 4 nitrogen and oxygen atoms in total.